The van der Waals surface area contributed by atoms with Gasteiger partial charge in [-0.1, -0.05) is 43.3 Å². The molecule has 6 heteroatoms. The van der Waals surface area contributed by atoms with Crippen LogP contribution in [0.1, 0.15) is 25.1 Å². The Morgan fingerprint density at radius 1 is 1.11 bits per heavy atom. The smallest absolute Gasteiger partial charge is 0.0965 e. The van der Waals surface area contributed by atoms with Crippen molar-refractivity contribution >= 4 is 0 Å². The van der Waals surface area contributed by atoms with E-state index in [9.17, 15) is 0 Å². The summed E-state index contributed by atoms with van der Waals surface area (Å²) in [5.74, 6) is 0. The highest BCUT2D eigenvalue weighted by molar-refractivity contribution is 5.78. The zero-order valence-electron chi connectivity index (χ0n) is 16.2. The van der Waals surface area contributed by atoms with Gasteiger partial charge in [0.15, 0.2) is 0 Å². The summed E-state index contributed by atoms with van der Waals surface area (Å²) in [5.41, 5.74) is 5.31. The van der Waals surface area contributed by atoms with Crippen LogP contribution in [0.2, 0.25) is 0 Å². The zero-order chi connectivity index (χ0) is 19.5. The summed E-state index contributed by atoms with van der Waals surface area (Å²) >= 11 is 0. The third-order valence-electron chi connectivity index (χ3n) is 4.99. The van der Waals surface area contributed by atoms with Gasteiger partial charge >= 0.3 is 0 Å². The van der Waals surface area contributed by atoms with E-state index in [1.807, 2.05) is 59.4 Å². The van der Waals surface area contributed by atoms with Crippen LogP contribution in [0, 0.1) is 0 Å². The number of aromatic nitrogens is 6. The van der Waals surface area contributed by atoms with Gasteiger partial charge in [-0.05, 0) is 12.5 Å². The number of nitrogens with zero attached hydrogens (tertiary/aromatic N) is 6. The van der Waals surface area contributed by atoms with Crippen molar-refractivity contribution in [2.24, 2.45) is 7.05 Å². The Morgan fingerprint density at radius 3 is 2.61 bits per heavy atom. The number of allylic oxidation sites excluding steroid dienone is 1. The van der Waals surface area contributed by atoms with Crippen LogP contribution < -0.4 is 0 Å². The number of rotatable bonds is 7. The molecule has 0 N–H and O–H groups in total. The fourth-order valence-corrected chi connectivity index (χ4v) is 3.67. The lowest BCUT2D eigenvalue weighted by Gasteiger charge is -2.20. The second-order valence-corrected chi connectivity index (χ2v) is 6.76. The minimum absolute atomic E-state index is 0.134. The van der Waals surface area contributed by atoms with Gasteiger partial charge < -0.3 is 4.57 Å². The summed E-state index contributed by atoms with van der Waals surface area (Å²) in [6, 6.07) is 12.5. The second-order valence-electron chi connectivity index (χ2n) is 6.76. The van der Waals surface area contributed by atoms with E-state index in [0.717, 1.165) is 34.6 Å². The predicted octanol–water partition coefficient (Wildman–Crippen LogP) is 4.33. The molecule has 6 nitrogen and oxygen atoms in total. The number of benzene rings is 1. The number of aryl methyl sites for hydroxylation is 1. The maximum atomic E-state index is 4.80. The molecule has 142 valence electrons. The largest absolute Gasteiger partial charge is 0.321 e. The van der Waals surface area contributed by atoms with E-state index < -0.39 is 0 Å². The highest BCUT2D eigenvalue weighted by atomic mass is 15.3. The lowest BCUT2D eigenvalue weighted by molar-refractivity contribution is 0.522. The molecule has 0 radical (unpaired) electrons. The number of hydrogen-bond donors (Lipinski definition) is 0. The summed E-state index contributed by atoms with van der Waals surface area (Å²) in [5, 5.41) is 8.85. The molecule has 0 aliphatic heterocycles. The maximum Gasteiger partial charge on any atom is 0.0965 e. The Labute approximate surface area is 164 Å². The molecule has 0 aliphatic carbocycles. The third kappa shape index (κ3) is 3.17. The van der Waals surface area contributed by atoms with Crippen molar-refractivity contribution in [3.05, 3.63) is 79.7 Å². The van der Waals surface area contributed by atoms with E-state index in [0.29, 0.717) is 6.54 Å². The van der Waals surface area contributed by atoms with Gasteiger partial charge in [0, 0.05) is 30.6 Å². The van der Waals surface area contributed by atoms with Crippen LogP contribution in [0.15, 0.2) is 74.0 Å². The van der Waals surface area contributed by atoms with Crippen molar-refractivity contribution in [3.8, 4) is 22.5 Å². The fourth-order valence-electron chi connectivity index (χ4n) is 3.67. The van der Waals surface area contributed by atoms with Crippen molar-refractivity contribution in [1.29, 1.82) is 0 Å². The molecular formula is C22H24N6. The SMILES string of the molecule is C=CCn1cc(-c2c(-c3ccccc3)ncn2[C@@H](CC)c2ccnn2C)cn1. The summed E-state index contributed by atoms with van der Waals surface area (Å²) in [4.78, 5) is 4.80. The molecule has 0 amide bonds. The minimum atomic E-state index is 0.134. The van der Waals surface area contributed by atoms with Crippen LogP contribution >= 0.6 is 0 Å². The number of hydrogen-bond acceptors (Lipinski definition) is 3. The standard InChI is InChI=1S/C22H24N6/c1-4-13-27-15-18(14-25-27)22-21(17-9-7-6-8-10-17)23-16-28(22)19(5-2)20-11-12-24-26(20)3/h4,6-12,14-16,19H,1,5,13H2,2-3H3/t19-/m0/s1. The molecule has 0 saturated heterocycles. The Morgan fingerprint density at radius 2 is 1.93 bits per heavy atom. The van der Waals surface area contributed by atoms with Gasteiger partial charge in [-0.2, -0.15) is 10.2 Å². The second kappa shape index (κ2) is 7.68. The molecule has 3 heterocycles. The van der Waals surface area contributed by atoms with Crippen molar-refractivity contribution in [1.82, 2.24) is 29.1 Å². The molecule has 0 aliphatic rings. The van der Waals surface area contributed by atoms with Gasteiger partial charge in [0.25, 0.3) is 0 Å². The molecule has 0 fully saturated rings. The van der Waals surface area contributed by atoms with E-state index >= 15 is 0 Å². The molecule has 0 spiro atoms. The monoisotopic (exact) mass is 372 g/mol. The van der Waals surface area contributed by atoms with Crippen molar-refractivity contribution in [3.63, 3.8) is 0 Å². The minimum Gasteiger partial charge on any atom is -0.321 e. The molecule has 0 unspecified atom stereocenters. The van der Waals surface area contributed by atoms with Crippen LogP contribution in [0.5, 0.6) is 0 Å². The van der Waals surface area contributed by atoms with E-state index in [2.05, 4.69) is 52.7 Å². The van der Waals surface area contributed by atoms with Gasteiger partial charge in [-0.25, -0.2) is 4.98 Å². The summed E-state index contributed by atoms with van der Waals surface area (Å²) in [6.45, 7) is 6.67. The first-order valence-corrected chi connectivity index (χ1v) is 9.46. The molecule has 3 aromatic heterocycles. The predicted molar refractivity (Wildman–Crippen MR) is 111 cm³/mol. The van der Waals surface area contributed by atoms with E-state index in [1.165, 1.54) is 0 Å². The molecular weight excluding hydrogens is 348 g/mol. The molecule has 4 aromatic rings. The molecule has 0 bridgehead atoms. The average Bonchev–Trinajstić information content (AvgIpc) is 3.44. The van der Waals surface area contributed by atoms with Crippen molar-refractivity contribution in [2.45, 2.75) is 25.9 Å². The lowest BCUT2D eigenvalue weighted by Crippen LogP contribution is -2.14. The number of imidazole rings is 1. The molecule has 1 atom stereocenters. The highest BCUT2D eigenvalue weighted by Crippen LogP contribution is 2.35. The van der Waals surface area contributed by atoms with Gasteiger partial charge in [0.1, 0.15) is 0 Å². The van der Waals surface area contributed by atoms with Crippen LogP contribution in [0.4, 0.5) is 0 Å². The van der Waals surface area contributed by atoms with Gasteiger partial charge in [-0.3, -0.25) is 9.36 Å². The Kier molecular flexibility index (Phi) is 4.93. The summed E-state index contributed by atoms with van der Waals surface area (Å²) < 4.78 is 6.06. The average molecular weight is 372 g/mol. The maximum absolute atomic E-state index is 4.80. The van der Waals surface area contributed by atoms with Crippen LogP contribution in [0.25, 0.3) is 22.5 Å². The zero-order valence-corrected chi connectivity index (χ0v) is 16.2. The Bertz CT molecular complexity index is 1070. The van der Waals surface area contributed by atoms with Crippen molar-refractivity contribution in [2.75, 3.05) is 0 Å². The summed E-state index contributed by atoms with van der Waals surface area (Å²) in [7, 11) is 1.98. The molecule has 0 saturated carbocycles. The van der Waals surface area contributed by atoms with Crippen molar-refractivity contribution < 1.29 is 0 Å². The third-order valence-corrected chi connectivity index (χ3v) is 4.99. The quantitative estimate of drug-likeness (QED) is 0.454. The van der Waals surface area contributed by atoms with Gasteiger partial charge in [-0.15, -0.1) is 6.58 Å². The Balaban J connectivity index is 1.90. The van der Waals surface area contributed by atoms with Crippen LogP contribution in [-0.2, 0) is 13.6 Å². The van der Waals surface area contributed by atoms with Gasteiger partial charge in [0.2, 0.25) is 0 Å². The van der Waals surface area contributed by atoms with Crippen LogP contribution in [0.3, 0.4) is 0 Å². The highest BCUT2D eigenvalue weighted by Gasteiger charge is 2.23. The lowest BCUT2D eigenvalue weighted by atomic mass is 10.1. The normalized spacial score (nSPS) is 12.2. The topological polar surface area (TPSA) is 53.5 Å². The van der Waals surface area contributed by atoms with E-state index in [-0.39, 0.29) is 6.04 Å². The fraction of sp³-hybridized carbons (Fsp3) is 0.227. The first kappa shape index (κ1) is 18.0. The molecule has 1 aromatic carbocycles. The first-order valence-electron chi connectivity index (χ1n) is 9.46. The van der Waals surface area contributed by atoms with E-state index in [4.69, 9.17) is 4.98 Å². The van der Waals surface area contributed by atoms with E-state index in [1.54, 1.807) is 0 Å². The van der Waals surface area contributed by atoms with Crippen LogP contribution in [-0.4, -0.2) is 29.1 Å². The van der Waals surface area contributed by atoms with Gasteiger partial charge in [0.05, 0.1) is 42.2 Å². The molecule has 28 heavy (non-hydrogen) atoms. The molecule has 4 rings (SSSR count). The summed E-state index contributed by atoms with van der Waals surface area (Å²) in [6.07, 6.45) is 10.5. The first-order chi connectivity index (χ1) is 13.7. The Hall–Kier alpha value is -3.41.